The van der Waals surface area contributed by atoms with E-state index in [1.165, 1.54) is 22.3 Å². The van der Waals surface area contributed by atoms with Crippen molar-refractivity contribution in [2.24, 2.45) is 0 Å². The van der Waals surface area contributed by atoms with Gasteiger partial charge in [0.25, 0.3) is 0 Å². The van der Waals surface area contributed by atoms with Crippen molar-refractivity contribution in [3.05, 3.63) is 143 Å². The Kier molecular flexibility index (Phi) is 12.0. The van der Waals surface area contributed by atoms with Gasteiger partial charge in [-0.3, -0.25) is 0 Å². The van der Waals surface area contributed by atoms with Crippen molar-refractivity contribution >= 4 is 60.4 Å². The molecule has 0 bridgehead atoms. The molecule has 0 saturated carbocycles. The molecule has 310 valence electrons. The van der Waals surface area contributed by atoms with Crippen LogP contribution >= 0.6 is 16.5 Å². The minimum absolute atomic E-state index is 0.113. The third-order valence-electron chi connectivity index (χ3n) is 11.5. The second kappa shape index (κ2) is 17.4. The summed E-state index contributed by atoms with van der Waals surface area (Å²) in [5.41, 5.74) is 12.2. The number of rotatable bonds is 11. The molecule has 8 rings (SSSR count). The SMILES string of the molecule is CCc1c(C(C)C)cc(C(C)C)c(Op2oc3ccccc3c3ccccc3o2)c1-c1c(CC)c(C(C)C)cc(C(C)C)c1Op1oc2ccccc2c2ccccc2o1. The second-order valence-corrected chi connectivity index (χ2v) is 18.8. The van der Waals surface area contributed by atoms with Crippen molar-refractivity contribution in [3.63, 3.8) is 0 Å². The number of para-hydroxylation sites is 4. The first-order chi connectivity index (χ1) is 29.0. The van der Waals surface area contributed by atoms with Gasteiger partial charge in [-0.15, -0.1) is 0 Å². The number of hydrogen-bond donors (Lipinski definition) is 0. The maximum absolute atomic E-state index is 7.37. The lowest BCUT2D eigenvalue weighted by molar-refractivity contribution is 0.486. The molecule has 8 aromatic rings. The molecule has 60 heavy (non-hydrogen) atoms. The molecule has 0 N–H and O–H groups in total. The molecule has 0 unspecified atom stereocenters. The summed E-state index contributed by atoms with van der Waals surface area (Å²) in [6, 6.07) is 37.1. The van der Waals surface area contributed by atoms with Gasteiger partial charge in [-0.2, -0.15) is 0 Å². The Morgan fingerprint density at radius 1 is 0.400 bits per heavy atom. The monoisotopic (exact) mass is 838 g/mol. The minimum atomic E-state index is -1.97. The molecule has 0 fully saturated rings. The highest BCUT2D eigenvalue weighted by Gasteiger charge is 2.32. The fourth-order valence-corrected chi connectivity index (χ4v) is 10.7. The lowest BCUT2D eigenvalue weighted by Crippen LogP contribution is -2.10. The van der Waals surface area contributed by atoms with Crippen LogP contribution < -0.4 is 9.05 Å². The van der Waals surface area contributed by atoms with E-state index in [2.05, 4.69) is 106 Å². The van der Waals surface area contributed by atoms with Crippen LogP contribution in [0.5, 0.6) is 11.5 Å². The number of hydrogen-bond acceptors (Lipinski definition) is 6. The predicted molar refractivity (Wildman–Crippen MR) is 252 cm³/mol. The van der Waals surface area contributed by atoms with E-state index in [4.69, 9.17) is 25.8 Å². The summed E-state index contributed by atoms with van der Waals surface area (Å²) >= 11 is 0. The van der Waals surface area contributed by atoms with Gasteiger partial charge < -0.3 is 25.8 Å². The molecule has 0 saturated heterocycles. The normalized spacial score (nSPS) is 11.9. The van der Waals surface area contributed by atoms with E-state index in [0.29, 0.717) is 0 Å². The Labute approximate surface area is 355 Å². The fraction of sp³-hybridized carbons (Fsp3) is 0.308. The molecule has 2 aromatic heterocycles. The maximum atomic E-state index is 7.37. The average Bonchev–Trinajstić information content (AvgIpc) is 3.50. The molecule has 0 aliphatic carbocycles. The van der Waals surface area contributed by atoms with Gasteiger partial charge in [0.05, 0.1) is 0 Å². The molecule has 0 radical (unpaired) electrons. The summed E-state index contributed by atoms with van der Waals surface area (Å²) in [5.74, 6) is 2.24. The molecule has 6 aromatic carbocycles. The molecule has 2 heterocycles. The molecule has 0 atom stereocenters. The summed E-state index contributed by atoms with van der Waals surface area (Å²) in [4.78, 5) is 0. The second-order valence-electron chi connectivity index (χ2n) is 16.8. The Hall–Kier alpha value is -5.28. The van der Waals surface area contributed by atoms with Crippen LogP contribution in [-0.2, 0) is 12.8 Å². The zero-order valence-electron chi connectivity index (χ0n) is 36.5. The number of fused-ring (bicyclic) bond motifs is 6. The van der Waals surface area contributed by atoms with Crippen molar-refractivity contribution in [1.82, 2.24) is 0 Å². The van der Waals surface area contributed by atoms with E-state index in [1.54, 1.807) is 0 Å². The number of benzene rings is 6. The van der Waals surface area contributed by atoms with Crippen LogP contribution in [0.15, 0.2) is 126 Å². The molecule has 0 spiro atoms. The summed E-state index contributed by atoms with van der Waals surface area (Å²) in [5, 5.41) is 3.89. The van der Waals surface area contributed by atoms with Crippen molar-refractivity contribution in [2.75, 3.05) is 0 Å². The Balaban J connectivity index is 1.52. The van der Waals surface area contributed by atoms with Gasteiger partial charge in [0.2, 0.25) is 0 Å². The summed E-state index contributed by atoms with van der Waals surface area (Å²) in [6.07, 6.45) is 1.55. The highest BCUT2D eigenvalue weighted by molar-refractivity contribution is 7.32. The average molecular weight is 839 g/mol. The van der Waals surface area contributed by atoms with Gasteiger partial charge >= 0.3 is 16.5 Å². The first-order valence-electron chi connectivity index (χ1n) is 21.4. The van der Waals surface area contributed by atoms with Crippen LogP contribution in [0, 0.1) is 0 Å². The highest BCUT2D eigenvalue weighted by Crippen LogP contribution is 2.55. The Bertz CT molecular complexity index is 2620. The Morgan fingerprint density at radius 2 is 0.667 bits per heavy atom. The predicted octanol–water partition coefficient (Wildman–Crippen LogP) is 17.9. The van der Waals surface area contributed by atoms with Gasteiger partial charge in [-0.1, -0.05) is 154 Å². The molecular formula is C52H56O6P2. The first kappa shape index (κ1) is 41.5. The van der Waals surface area contributed by atoms with E-state index in [-0.39, 0.29) is 23.7 Å². The quantitative estimate of drug-likeness (QED) is 0.129. The zero-order valence-corrected chi connectivity index (χ0v) is 38.2. The lowest BCUT2D eigenvalue weighted by atomic mass is 9.78. The van der Waals surface area contributed by atoms with Crippen LogP contribution in [0.2, 0.25) is 0 Å². The van der Waals surface area contributed by atoms with Crippen LogP contribution in [0.1, 0.15) is 126 Å². The van der Waals surface area contributed by atoms with E-state index in [1.807, 2.05) is 72.8 Å². The molecular weight excluding hydrogens is 783 g/mol. The van der Waals surface area contributed by atoms with E-state index in [0.717, 1.165) is 90.5 Å². The Morgan fingerprint density at radius 3 is 0.917 bits per heavy atom. The van der Waals surface area contributed by atoms with Crippen LogP contribution in [0.3, 0.4) is 0 Å². The van der Waals surface area contributed by atoms with Gasteiger partial charge in [0.1, 0.15) is 33.8 Å². The van der Waals surface area contributed by atoms with Gasteiger partial charge in [-0.25, -0.2) is 0 Å². The third-order valence-corrected chi connectivity index (χ3v) is 13.5. The van der Waals surface area contributed by atoms with Crippen molar-refractivity contribution in [3.8, 4) is 22.6 Å². The molecule has 0 amide bonds. The molecule has 0 aliphatic rings. The van der Waals surface area contributed by atoms with Crippen LogP contribution in [0.4, 0.5) is 0 Å². The van der Waals surface area contributed by atoms with Crippen molar-refractivity contribution < 1.29 is 25.8 Å². The van der Waals surface area contributed by atoms with Gasteiger partial charge in [0.15, 0.2) is 0 Å². The zero-order chi connectivity index (χ0) is 42.2. The molecule has 6 nitrogen and oxygen atoms in total. The summed E-state index contributed by atoms with van der Waals surface area (Å²) in [7, 11) is -3.93. The summed E-state index contributed by atoms with van der Waals surface area (Å²) < 4.78 is 41.9. The largest absolute Gasteiger partial charge is 0.453 e. The van der Waals surface area contributed by atoms with E-state index < -0.39 is 16.5 Å². The molecule has 0 aliphatic heterocycles. The van der Waals surface area contributed by atoms with E-state index >= 15 is 0 Å². The van der Waals surface area contributed by atoms with Crippen LogP contribution in [-0.4, -0.2) is 0 Å². The van der Waals surface area contributed by atoms with Crippen LogP contribution in [0.25, 0.3) is 55.0 Å². The van der Waals surface area contributed by atoms with Gasteiger partial charge in [-0.05, 0) is 94.2 Å². The lowest BCUT2D eigenvalue weighted by Gasteiger charge is -2.29. The minimum Gasteiger partial charge on any atom is -0.390 e. The van der Waals surface area contributed by atoms with Crippen molar-refractivity contribution in [1.29, 1.82) is 0 Å². The third kappa shape index (κ3) is 7.77. The molecule has 8 heteroatoms. The smallest absolute Gasteiger partial charge is 0.390 e. The standard InChI is InChI=1S/C52H56O6P2/c1-11-35-41(31(3)4)29-43(33(7)8)51(57-59-53-45-25-17-13-21-37(45)38-22-14-18-26-46(38)54-59)49(35)50-36(12-2)42(32(5)6)30-44(34(9)10)52(50)58-60-55-47-27-19-15-23-39(47)40-24-16-20-28-48(40)56-60/h13-34H,11-12H2,1-10H3. The topological polar surface area (TPSA) is 71.0 Å². The van der Waals surface area contributed by atoms with Gasteiger partial charge in [0, 0.05) is 32.7 Å². The summed E-state index contributed by atoms with van der Waals surface area (Å²) in [6.45, 7) is 22.6. The first-order valence-corrected chi connectivity index (χ1v) is 23.6. The van der Waals surface area contributed by atoms with E-state index in [9.17, 15) is 0 Å². The maximum Gasteiger partial charge on any atom is 0.453 e. The fourth-order valence-electron chi connectivity index (χ4n) is 8.52. The van der Waals surface area contributed by atoms with Crippen molar-refractivity contribution in [2.45, 2.75) is 106 Å². The highest BCUT2D eigenvalue weighted by atomic mass is 31.1.